The molecule has 3 heteroatoms. The zero-order valence-electron chi connectivity index (χ0n) is 8.79. The Balaban J connectivity index is 3.18. The van der Waals surface area contributed by atoms with Crippen LogP contribution in [0.25, 0.3) is 0 Å². The first-order valence-electron chi connectivity index (χ1n) is 4.82. The van der Waals surface area contributed by atoms with Crippen molar-refractivity contribution in [3.05, 3.63) is 34.9 Å². The average molecular weight is 225 g/mol. The van der Waals surface area contributed by atoms with Gasteiger partial charge in [-0.05, 0) is 30.5 Å². The third-order valence-corrected chi connectivity index (χ3v) is 2.86. The number of alkyl halides is 1. The quantitative estimate of drug-likeness (QED) is 0.582. The number of carbonyl (C=O) groups excluding carboxylic acids is 2. The highest BCUT2D eigenvalue weighted by Gasteiger charge is 2.16. The fraction of sp³-hybridized carbons (Fsp3) is 0.333. The van der Waals surface area contributed by atoms with Crippen LogP contribution >= 0.6 is 11.6 Å². The van der Waals surface area contributed by atoms with Gasteiger partial charge in [-0.25, -0.2) is 0 Å². The Morgan fingerprint density at radius 1 is 1.53 bits per heavy atom. The number of hydrogen-bond donors (Lipinski definition) is 0. The SMILES string of the molecule is CCc1ccc(C(Cl)C(C)=O)c(C=O)c1. The van der Waals surface area contributed by atoms with Crippen molar-refractivity contribution >= 4 is 23.7 Å². The van der Waals surface area contributed by atoms with Crippen LogP contribution in [0.1, 0.15) is 40.7 Å². The van der Waals surface area contributed by atoms with E-state index >= 15 is 0 Å². The number of carbonyl (C=O) groups is 2. The summed E-state index contributed by atoms with van der Waals surface area (Å²) in [4.78, 5) is 22.0. The number of rotatable bonds is 4. The van der Waals surface area contributed by atoms with E-state index < -0.39 is 5.38 Å². The van der Waals surface area contributed by atoms with E-state index in [9.17, 15) is 9.59 Å². The van der Waals surface area contributed by atoms with Crippen LogP contribution in [0.15, 0.2) is 18.2 Å². The van der Waals surface area contributed by atoms with Crippen molar-refractivity contribution in [3.8, 4) is 0 Å². The monoisotopic (exact) mass is 224 g/mol. The molecule has 0 amide bonds. The van der Waals surface area contributed by atoms with E-state index in [1.165, 1.54) is 6.92 Å². The third kappa shape index (κ3) is 2.66. The van der Waals surface area contributed by atoms with Crippen LogP contribution in [0, 0.1) is 0 Å². The van der Waals surface area contributed by atoms with Gasteiger partial charge >= 0.3 is 0 Å². The molecule has 1 unspecified atom stereocenters. The Morgan fingerprint density at radius 3 is 2.67 bits per heavy atom. The van der Waals surface area contributed by atoms with Gasteiger partial charge in [0.2, 0.25) is 0 Å². The lowest BCUT2D eigenvalue weighted by Gasteiger charge is -2.10. The van der Waals surface area contributed by atoms with Gasteiger partial charge in [-0.2, -0.15) is 0 Å². The van der Waals surface area contributed by atoms with Crippen molar-refractivity contribution in [3.63, 3.8) is 0 Å². The zero-order valence-corrected chi connectivity index (χ0v) is 9.54. The highest BCUT2D eigenvalue weighted by molar-refractivity contribution is 6.31. The van der Waals surface area contributed by atoms with E-state index in [1.54, 1.807) is 12.1 Å². The minimum Gasteiger partial charge on any atom is -0.298 e. The van der Waals surface area contributed by atoms with E-state index in [-0.39, 0.29) is 5.78 Å². The van der Waals surface area contributed by atoms with Crippen molar-refractivity contribution in [2.75, 3.05) is 0 Å². The molecular formula is C12H13ClO2. The van der Waals surface area contributed by atoms with E-state index in [1.807, 2.05) is 13.0 Å². The minimum absolute atomic E-state index is 0.149. The fourth-order valence-corrected chi connectivity index (χ4v) is 1.59. The molecule has 0 aliphatic carbocycles. The average Bonchev–Trinajstić information content (AvgIpc) is 2.27. The summed E-state index contributed by atoms with van der Waals surface area (Å²) in [5, 5.41) is -0.726. The molecule has 0 aliphatic heterocycles. The molecule has 0 radical (unpaired) electrons. The van der Waals surface area contributed by atoms with Gasteiger partial charge in [0, 0.05) is 5.56 Å². The molecule has 80 valence electrons. The first kappa shape index (κ1) is 11.9. The van der Waals surface area contributed by atoms with Crippen LogP contribution in [0.2, 0.25) is 0 Å². The first-order valence-corrected chi connectivity index (χ1v) is 5.26. The normalized spacial score (nSPS) is 12.2. The molecule has 0 saturated carbocycles. The molecule has 0 aromatic heterocycles. The van der Waals surface area contributed by atoms with Gasteiger partial charge in [0.25, 0.3) is 0 Å². The van der Waals surface area contributed by atoms with E-state index in [4.69, 9.17) is 11.6 Å². The highest BCUT2D eigenvalue weighted by Crippen LogP contribution is 2.25. The molecule has 0 N–H and O–H groups in total. The van der Waals surface area contributed by atoms with Gasteiger partial charge in [0.1, 0.15) is 11.7 Å². The number of aryl methyl sites for hydroxylation is 1. The number of benzene rings is 1. The smallest absolute Gasteiger partial charge is 0.152 e. The Labute approximate surface area is 94.2 Å². The Bertz CT molecular complexity index is 385. The van der Waals surface area contributed by atoms with Gasteiger partial charge in [-0.1, -0.05) is 19.1 Å². The molecule has 0 saturated heterocycles. The van der Waals surface area contributed by atoms with Gasteiger partial charge in [-0.3, -0.25) is 9.59 Å². The molecule has 0 bridgehead atoms. The van der Waals surface area contributed by atoms with Gasteiger partial charge in [0.05, 0.1) is 0 Å². The largest absolute Gasteiger partial charge is 0.298 e. The molecule has 0 fully saturated rings. The molecule has 15 heavy (non-hydrogen) atoms. The second-order valence-electron chi connectivity index (χ2n) is 3.41. The van der Waals surface area contributed by atoms with Crippen molar-refractivity contribution in [2.45, 2.75) is 25.6 Å². The van der Waals surface area contributed by atoms with Crippen LogP contribution in [0.4, 0.5) is 0 Å². The second kappa shape index (κ2) is 5.08. The molecule has 1 atom stereocenters. The van der Waals surface area contributed by atoms with E-state index in [0.717, 1.165) is 18.3 Å². The summed E-state index contributed by atoms with van der Waals surface area (Å²) in [6.07, 6.45) is 1.60. The molecule has 1 rings (SSSR count). The van der Waals surface area contributed by atoms with Crippen LogP contribution in [0.5, 0.6) is 0 Å². The Morgan fingerprint density at radius 2 is 2.20 bits per heavy atom. The summed E-state index contributed by atoms with van der Waals surface area (Å²) in [6.45, 7) is 3.42. The molecular weight excluding hydrogens is 212 g/mol. The number of hydrogen-bond acceptors (Lipinski definition) is 2. The standard InChI is InChI=1S/C12H13ClO2/c1-3-9-4-5-11(10(6-9)7-14)12(13)8(2)15/h4-7,12H,3H2,1-2H3. The van der Waals surface area contributed by atoms with E-state index in [2.05, 4.69) is 0 Å². The predicted octanol–water partition coefficient (Wildman–Crippen LogP) is 2.93. The topological polar surface area (TPSA) is 34.1 Å². The lowest BCUT2D eigenvalue weighted by molar-refractivity contribution is -0.116. The van der Waals surface area contributed by atoms with Crippen molar-refractivity contribution in [1.82, 2.24) is 0 Å². The van der Waals surface area contributed by atoms with Crippen molar-refractivity contribution < 1.29 is 9.59 Å². The summed E-state index contributed by atoms with van der Waals surface area (Å²) in [5.41, 5.74) is 2.16. The number of halogens is 1. The highest BCUT2D eigenvalue weighted by atomic mass is 35.5. The summed E-state index contributed by atoms with van der Waals surface area (Å²) in [7, 11) is 0. The Hall–Kier alpha value is -1.15. The molecule has 0 spiro atoms. The summed E-state index contributed by atoms with van der Waals surface area (Å²) < 4.78 is 0. The van der Waals surface area contributed by atoms with Gasteiger partial charge in [-0.15, -0.1) is 11.6 Å². The predicted molar refractivity (Wildman–Crippen MR) is 60.5 cm³/mol. The fourth-order valence-electron chi connectivity index (χ4n) is 1.40. The van der Waals surface area contributed by atoms with E-state index in [0.29, 0.717) is 11.1 Å². The Kier molecular flexibility index (Phi) is 4.04. The van der Waals surface area contributed by atoms with Crippen LogP contribution < -0.4 is 0 Å². The lowest BCUT2D eigenvalue weighted by atomic mass is 9.99. The maximum absolute atomic E-state index is 11.1. The van der Waals surface area contributed by atoms with Crippen LogP contribution in [0.3, 0.4) is 0 Å². The van der Waals surface area contributed by atoms with Crippen molar-refractivity contribution in [1.29, 1.82) is 0 Å². The summed E-state index contributed by atoms with van der Waals surface area (Å²) in [6, 6.07) is 5.42. The minimum atomic E-state index is -0.726. The van der Waals surface area contributed by atoms with Gasteiger partial charge < -0.3 is 0 Å². The zero-order chi connectivity index (χ0) is 11.4. The summed E-state index contributed by atoms with van der Waals surface area (Å²) >= 11 is 5.91. The maximum atomic E-state index is 11.1. The molecule has 0 heterocycles. The summed E-state index contributed by atoms with van der Waals surface area (Å²) in [5.74, 6) is -0.149. The molecule has 2 nitrogen and oxygen atoms in total. The molecule has 1 aromatic rings. The maximum Gasteiger partial charge on any atom is 0.152 e. The van der Waals surface area contributed by atoms with Crippen molar-refractivity contribution in [2.24, 2.45) is 0 Å². The number of ketones is 1. The second-order valence-corrected chi connectivity index (χ2v) is 3.84. The molecule has 1 aromatic carbocycles. The molecule has 0 aliphatic rings. The first-order chi connectivity index (χ1) is 7.10. The number of aldehydes is 1. The van der Waals surface area contributed by atoms with Crippen LogP contribution in [-0.2, 0) is 11.2 Å². The van der Waals surface area contributed by atoms with Gasteiger partial charge in [0.15, 0.2) is 5.78 Å². The lowest BCUT2D eigenvalue weighted by Crippen LogP contribution is -2.05. The third-order valence-electron chi connectivity index (χ3n) is 2.32. The number of Topliss-reactive ketones (excluding diaryl/α,β-unsaturated/α-hetero) is 1. The van der Waals surface area contributed by atoms with Crippen LogP contribution in [-0.4, -0.2) is 12.1 Å².